The first-order chi connectivity index (χ1) is 14.0. The molecule has 3 rings (SSSR count). The van der Waals surface area contributed by atoms with Gasteiger partial charge in [0.05, 0.1) is 6.21 Å². The summed E-state index contributed by atoms with van der Waals surface area (Å²) in [6.45, 7) is 1.86. The summed E-state index contributed by atoms with van der Waals surface area (Å²) in [6.07, 6.45) is 3.23. The van der Waals surface area contributed by atoms with E-state index in [2.05, 4.69) is 21.2 Å². The van der Waals surface area contributed by atoms with Crippen LogP contribution in [0.1, 0.15) is 24.0 Å². The second-order valence-corrected chi connectivity index (χ2v) is 6.72. The van der Waals surface area contributed by atoms with Gasteiger partial charge in [-0.2, -0.15) is 5.10 Å². The second-order valence-electron chi connectivity index (χ2n) is 6.72. The van der Waals surface area contributed by atoms with Crippen LogP contribution in [0.5, 0.6) is 5.75 Å². The molecule has 8 nitrogen and oxygen atoms in total. The summed E-state index contributed by atoms with van der Waals surface area (Å²) in [6, 6.07) is 14.4. The number of amides is 3. The van der Waals surface area contributed by atoms with Gasteiger partial charge in [0.15, 0.2) is 6.61 Å². The van der Waals surface area contributed by atoms with Crippen LogP contribution in [0.4, 0.5) is 5.69 Å². The van der Waals surface area contributed by atoms with E-state index in [1.807, 2.05) is 31.2 Å². The van der Waals surface area contributed by atoms with Crippen LogP contribution < -0.4 is 20.8 Å². The average Bonchev–Trinajstić information content (AvgIpc) is 3.53. The second kappa shape index (κ2) is 9.50. The van der Waals surface area contributed by atoms with Crippen LogP contribution in [0.25, 0.3) is 0 Å². The molecular formula is C21H22N4O4. The normalized spacial score (nSPS) is 13.0. The summed E-state index contributed by atoms with van der Waals surface area (Å²) in [7, 11) is 0. The van der Waals surface area contributed by atoms with Crippen molar-refractivity contribution in [1.82, 2.24) is 10.7 Å². The minimum Gasteiger partial charge on any atom is -0.484 e. The van der Waals surface area contributed by atoms with E-state index in [0.717, 1.165) is 18.4 Å². The van der Waals surface area contributed by atoms with Crippen molar-refractivity contribution in [1.29, 1.82) is 0 Å². The zero-order valence-electron chi connectivity index (χ0n) is 16.0. The number of carbonyl (C=O) groups is 3. The molecule has 1 saturated carbocycles. The summed E-state index contributed by atoms with van der Waals surface area (Å²) in [5.41, 5.74) is 4.70. The highest BCUT2D eigenvalue weighted by atomic mass is 16.5. The van der Waals surface area contributed by atoms with Crippen molar-refractivity contribution in [3.63, 3.8) is 0 Å². The highest BCUT2D eigenvalue weighted by Crippen LogP contribution is 2.18. The van der Waals surface area contributed by atoms with Crippen molar-refractivity contribution >= 4 is 29.6 Å². The maximum absolute atomic E-state index is 11.9. The molecule has 3 N–H and O–H groups in total. The van der Waals surface area contributed by atoms with E-state index in [1.54, 1.807) is 24.3 Å². The van der Waals surface area contributed by atoms with Crippen molar-refractivity contribution in [2.75, 3.05) is 11.9 Å². The van der Waals surface area contributed by atoms with Gasteiger partial charge < -0.3 is 15.4 Å². The molecule has 0 radical (unpaired) electrons. The van der Waals surface area contributed by atoms with Crippen molar-refractivity contribution in [2.24, 2.45) is 5.10 Å². The van der Waals surface area contributed by atoms with Gasteiger partial charge in [0, 0.05) is 11.7 Å². The van der Waals surface area contributed by atoms with E-state index in [0.29, 0.717) is 17.0 Å². The van der Waals surface area contributed by atoms with Crippen molar-refractivity contribution in [3.05, 3.63) is 59.7 Å². The number of hydrogen-bond acceptors (Lipinski definition) is 5. The maximum Gasteiger partial charge on any atom is 0.329 e. The van der Waals surface area contributed by atoms with Gasteiger partial charge in [-0.3, -0.25) is 14.4 Å². The standard InChI is InChI=1S/C21H22N4O4/c1-14-2-6-16(7-3-14)23-19(26)13-29-18-10-4-15(5-11-18)12-22-25-21(28)20(27)24-17-8-9-17/h2-7,10-12,17H,8-9,13H2,1H3,(H,23,26)(H,24,27)(H,25,28). The van der Waals surface area contributed by atoms with E-state index in [1.165, 1.54) is 6.21 Å². The summed E-state index contributed by atoms with van der Waals surface area (Å²) in [5.74, 6) is -1.22. The Hall–Kier alpha value is -3.68. The lowest BCUT2D eigenvalue weighted by Gasteiger charge is -2.08. The van der Waals surface area contributed by atoms with Crippen LogP contribution in [0.15, 0.2) is 53.6 Å². The Kier molecular flexibility index (Phi) is 6.57. The molecule has 29 heavy (non-hydrogen) atoms. The predicted molar refractivity (Wildman–Crippen MR) is 109 cm³/mol. The molecule has 0 atom stereocenters. The van der Waals surface area contributed by atoms with Crippen molar-refractivity contribution in [2.45, 2.75) is 25.8 Å². The third-order valence-corrected chi connectivity index (χ3v) is 4.08. The summed E-state index contributed by atoms with van der Waals surface area (Å²) < 4.78 is 5.46. The Labute approximate surface area is 168 Å². The lowest BCUT2D eigenvalue weighted by Crippen LogP contribution is -2.38. The molecule has 0 aromatic heterocycles. The molecule has 0 unspecified atom stereocenters. The van der Waals surface area contributed by atoms with Crippen LogP contribution in [0.3, 0.4) is 0 Å². The lowest BCUT2D eigenvalue weighted by molar-refractivity contribution is -0.139. The Morgan fingerprint density at radius 2 is 1.72 bits per heavy atom. The molecule has 1 fully saturated rings. The van der Waals surface area contributed by atoms with Gasteiger partial charge in [0.25, 0.3) is 5.91 Å². The van der Waals surface area contributed by atoms with Gasteiger partial charge in [-0.15, -0.1) is 0 Å². The first-order valence-electron chi connectivity index (χ1n) is 9.23. The van der Waals surface area contributed by atoms with Crippen LogP contribution >= 0.6 is 0 Å². The summed E-state index contributed by atoms with van der Waals surface area (Å²) >= 11 is 0. The quantitative estimate of drug-likeness (QED) is 0.378. The van der Waals surface area contributed by atoms with E-state index >= 15 is 0 Å². The fourth-order valence-electron chi connectivity index (χ4n) is 2.33. The van der Waals surface area contributed by atoms with E-state index in [9.17, 15) is 14.4 Å². The Morgan fingerprint density at radius 1 is 1.03 bits per heavy atom. The Balaban J connectivity index is 1.40. The SMILES string of the molecule is Cc1ccc(NC(=O)COc2ccc(C=NNC(=O)C(=O)NC3CC3)cc2)cc1. The first-order valence-corrected chi connectivity index (χ1v) is 9.23. The highest BCUT2D eigenvalue weighted by Gasteiger charge is 2.26. The number of hydrogen-bond donors (Lipinski definition) is 3. The number of anilines is 1. The van der Waals surface area contributed by atoms with Crippen LogP contribution in [0.2, 0.25) is 0 Å². The summed E-state index contributed by atoms with van der Waals surface area (Å²) in [4.78, 5) is 35.0. The number of hydrazone groups is 1. The molecule has 0 spiro atoms. The third kappa shape index (κ3) is 6.76. The smallest absolute Gasteiger partial charge is 0.329 e. The average molecular weight is 394 g/mol. The topological polar surface area (TPSA) is 109 Å². The van der Waals surface area contributed by atoms with Gasteiger partial charge >= 0.3 is 11.8 Å². The zero-order valence-corrected chi connectivity index (χ0v) is 16.0. The van der Waals surface area contributed by atoms with Crippen molar-refractivity contribution < 1.29 is 19.1 Å². The molecule has 0 saturated heterocycles. The molecular weight excluding hydrogens is 372 g/mol. The molecule has 150 valence electrons. The van der Waals surface area contributed by atoms with Crippen LogP contribution in [0, 0.1) is 6.92 Å². The van der Waals surface area contributed by atoms with E-state index < -0.39 is 11.8 Å². The molecule has 2 aromatic carbocycles. The number of benzene rings is 2. The van der Waals surface area contributed by atoms with Gasteiger partial charge in [-0.1, -0.05) is 17.7 Å². The summed E-state index contributed by atoms with van der Waals surface area (Å²) in [5, 5.41) is 9.09. The first kappa shape index (κ1) is 20.1. The molecule has 8 heteroatoms. The molecule has 0 bridgehead atoms. The minimum atomic E-state index is -0.798. The van der Waals surface area contributed by atoms with Crippen molar-refractivity contribution in [3.8, 4) is 5.75 Å². The van der Waals surface area contributed by atoms with E-state index in [4.69, 9.17) is 4.74 Å². The Bertz CT molecular complexity index is 903. The monoisotopic (exact) mass is 394 g/mol. The fraction of sp³-hybridized carbons (Fsp3) is 0.238. The number of aryl methyl sites for hydroxylation is 1. The van der Waals surface area contributed by atoms with E-state index in [-0.39, 0.29) is 18.6 Å². The van der Waals surface area contributed by atoms with Crippen LogP contribution in [-0.2, 0) is 14.4 Å². The highest BCUT2D eigenvalue weighted by molar-refractivity contribution is 6.35. The zero-order chi connectivity index (χ0) is 20.6. The number of nitrogens with one attached hydrogen (secondary N) is 3. The van der Waals surface area contributed by atoms with Gasteiger partial charge in [-0.05, 0) is 61.7 Å². The largest absolute Gasteiger partial charge is 0.484 e. The van der Waals surface area contributed by atoms with Gasteiger partial charge in [0.1, 0.15) is 5.75 Å². The predicted octanol–water partition coefficient (Wildman–Crippen LogP) is 1.74. The fourth-order valence-corrected chi connectivity index (χ4v) is 2.33. The molecule has 1 aliphatic rings. The van der Waals surface area contributed by atoms with Gasteiger partial charge in [0.2, 0.25) is 0 Å². The third-order valence-electron chi connectivity index (χ3n) is 4.08. The molecule has 2 aromatic rings. The lowest BCUT2D eigenvalue weighted by atomic mass is 10.2. The maximum atomic E-state index is 11.9. The number of carbonyl (C=O) groups excluding carboxylic acids is 3. The molecule has 1 aliphatic carbocycles. The van der Waals surface area contributed by atoms with Gasteiger partial charge in [-0.25, -0.2) is 5.43 Å². The molecule has 0 heterocycles. The van der Waals surface area contributed by atoms with Crippen LogP contribution in [-0.4, -0.2) is 36.6 Å². The number of nitrogens with zero attached hydrogens (tertiary/aromatic N) is 1. The minimum absolute atomic E-state index is 0.115. The number of rotatable bonds is 7. The molecule has 0 aliphatic heterocycles. The Morgan fingerprint density at radius 3 is 2.38 bits per heavy atom. The number of ether oxygens (including phenoxy) is 1. The molecule has 3 amide bonds.